The van der Waals surface area contributed by atoms with Crippen LogP contribution in [0, 0.1) is 52.3 Å². The van der Waals surface area contributed by atoms with E-state index in [1.165, 1.54) is 63.5 Å². The van der Waals surface area contributed by atoms with Crippen LogP contribution in [0.5, 0.6) is 0 Å². The molecule has 1 aliphatic heterocycles. The Kier molecular flexibility index (Phi) is 6.68. The number of hydrogen-bond acceptors (Lipinski definition) is 1. The van der Waals surface area contributed by atoms with E-state index < -0.39 is 0 Å². The van der Waals surface area contributed by atoms with Gasteiger partial charge in [-0.1, -0.05) is 73.3 Å². The van der Waals surface area contributed by atoms with Crippen LogP contribution in [0.3, 0.4) is 0 Å². The summed E-state index contributed by atoms with van der Waals surface area (Å²) in [6, 6.07) is 0. The Morgan fingerprint density at radius 3 is 2.55 bits per heavy atom. The summed E-state index contributed by atoms with van der Waals surface area (Å²) in [7, 11) is 0. The lowest BCUT2D eigenvalue weighted by molar-refractivity contribution is -0.126. The Balaban J connectivity index is 1.59. The minimum absolute atomic E-state index is 0.200. The van der Waals surface area contributed by atoms with E-state index in [0.717, 1.165) is 41.9 Å². The Hall–Kier alpha value is -0.790. The zero-order chi connectivity index (χ0) is 22.4. The molecule has 4 aliphatic rings. The van der Waals surface area contributed by atoms with Crippen LogP contribution in [-0.2, 0) is 4.79 Å². The molecule has 0 aromatic rings. The highest BCUT2D eigenvalue weighted by Crippen LogP contribution is 2.67. The standard InChI is InChI=1S/C29H49NO/c1-7-9-21-18-25-29(6,17-15-26(31)30-25)24-14-16-28(5)22(12-13-23(28)27(21)24)20(4)11-8-10-19(2)3/h18-24,27H,7-17H2,1-6H3,(H,30,31). The lowest BCUT2D eigenvalue weighted by Gasteiger charge is -2.60. The summed E-state index contributed by atoms with van der Waals surface area (Å²) in [5.74, 6) is 6.00. The molecule has 8 atom stereocenters. The lowest BCUT2D eigenvalue weighted by Crippen LogP contribution is -2.55. The van der Waals surface area contributed by atoms with Crippen molar-refractivity contribution >= 4 is 5.91 Å². The summed E-state index contributed by atoms with van der Waals surface area (Å²) in [5.41, 5.74) is 2.03. The Labute approximate surface area is 192 Å². The number of rotatable bonds is 7. The second-order valence-corrected chi connectivity index (χ2v) is 12.8. The summed E-state index contributed by atoms with van der Waals surface area (Å²) in [4.78, 5) is 12.2. The van der Waals surface area contributed by atoms with Crippen LogP contribution >= 0.6 is 0 Å². The number of fused-ring (bicyclic) bond motifs is 5. The highest BCUT2D eigenvalue weighted by atomic mass is 16.1. The van der Waals surface area contributed by atoms with Gasteiger partial charge in [-0.2, -0.15) is 0 Å². The van der Waals surface area contributed by atoms with Gasteiger partial charge in [0.15, 0.2) is 0 Å². The molecule has 0 radical (unpaired) electrons. The van der Waals surface area contributed by atoms with Crippen molar-refractivity contribution in [1.29, 1.82) is 0 Å². The number of nitrogens with one attached hydrogen (secondary N) is 1. The summed E-state index contributed by atoms with van der Waals surface area (Å²) in [5, 5.41) is 3.33. The summed E-state index contributed by atoms with van der Waals surface area (Å²) >= 11 is 0. The zero-order valence-corrected chi connectivity index (χ0v) is 21.3. The first-order valence-corrected chi connectivity index (χ1v) is 13.7. The molecule has 1 N–H and O–H groups in total. The monoisotopic (exact) mass is 427 g/mol. The maximum Gasteiger partial charge on any atom is 0.224 e. The second kappa shape index (κ2) is 8.86. The molecular formula is C29H49NO. The highest BCUT2D eigenvalue weighted by Gasteiger charge is 2.61. The topological polar surface area (TPSA) is 29.1 Å². The summed E-state index contributed by atoms with van der Waals surface area (Å²) in [6.07, 6.45) is 16.8. The maximum atomic E-state index is 12.2. The number of carbonyl (C=O) groups excluding carboxylic acids is 1. The van der Waals surface area contributed by atoms with Gasteiger partial charge in [-0.05, 0) is 85.4 Å². The first-order valence-electron chi connectivity index (χ1n) is 13.7. The molecule has 0 aromatic heterocycles. The molecule has 0 aromatic carbocycles. The fourth-order valence-corrected chi connectivity index (χ4v) is 8.97. The Bertz CT molecular complexity index is 695. The fraction of sp³-hybridized carbons (Fsp3) is 0.897. The van der Waals surface area contributed by atoms with Gasteiger partial charge in [0.2, 0.25) is 5.91 Å². The largest absolute Gasteiger partial charge is 0.330 e. The van der Waals surface area contributed by atoms with Gasteiger partial charge < -0.3 is 5.32 Å². The van der Waals surface area contributed by atoms with Crippen molar-refractivity contribution in [2.45, 2.75) is 112 Å². The first kappa shape index (κ1) is 23.4. The molecule has 1 amide bonds. The van der Waals surface area contributed by atoms with Gasteiger partial charge in [0.05, 0.1) is 0 Å². The van der Waals surface area contributed by atoms with Crippen molar-refractivity contribution in [2.24, 2.45) is 52.3 Å². The van der Waals surface area contributed by atoms with Crippen LogP contribution < -0.4 is 5.32 Å². The molecule has 3 fully saturated rings. The fourth-order valence-electron chi connectivity index (χ4n) is 8.97. The molecule has 4 rings (SSSR count). The summed E-state index contributed by atoms with van der Waals surface area (Å²) < 4.78 is 0. The number of amides is 1. The van der Waals surface area contributed by atoms with Crippen LogP contribution in [0.4, 0.5) is 0 Å². The molecule has 2 saturated carbocycles. The second-order valence-electron chi connectivity index (χ2n) is 12.8. The average Bonchev–Trinajstić information content (AvgIpc) is 3.06. The Morgan fingerprint density at radius 2 is 1.84 bits per heavy atom. The van der Waals surface area contributed by atoms with Gasteiger partial charge >= 0.3 is 0 Å². The van der Waals surface area contributed by atoms with Crippen molar-refractivity contribution in [3.8, 4) is 0 Å². The van der Waals surface area contributed by atoms with E-state index >= 15 is 0 Å². The molecular weight excluding hydrogens is 378 g/mol. The molecule has 3 aliphatic carbocycles. The molecule has 1 heterocycles. The van der Waals surface area contributed by atoms with Gasteiger partial charge in [0.25, 0.3) is 0 Å². The van der Waals surface area contributed by atoms with Crippen LogP contribution in [0.2, 0.25) is 0 Å². The predicted octanol–water partition coefficient (Wildman–Crippen LogP) is 7.74. The molecule has 2 heteroatoms. The zero-order valence-electron chi connectivity index (χ0n) is 21.3. The summed E-state index contributed by atoms with van der Waals surface area (Å²) in [6.45, 7) is 14.8. The SMILES string of the molecule is CCCC1C=C2NC(=O)CCC2(C)C2CCC3(C)C(C(C)CCCC(C)C)CCC3C12. The van der Waals surface area contributed by atoms with Crippen LogP contribution in [0.25, 0.3) is 0 Å². The normalized spacial score (nSPS) is 43.0. The van der Waals surface area contributed by atoms with Crippen LogP contribution in [-0.4, -0.2) is 5.91 Å². The molecule has 2 nitrogen and oxygen atoms in total. The number of allylic oxidation sites excluding steroid dienone is 2. The number of carbonyl (C=O) groups is 1. The van der Waals surface area contributed by atoms with Crippen molar-refractivity contribution < 1.29 is 4.79 Å². The quantitative estimate of drug-likeness (QED) is 0.442. The minimum Gasteiger partial charge on any atom is -0.330 e. The molecule has 176 valence electrons. The number of hydrogen-bond donors (Lipinski definition) is 1. The van der Waals surface area contributed by atoms with E-state index in [9.17, 15) is 4.79 Å². The van der Waals surface area contributed by atoms with Gasteiger partial charge in [-0.25, -0.2) is 0 Å². The van der Waals surface area contributed by atoms with Gasteiger partial charge in [0.1, 0.15) is 0 Å². The molecule has 0 spiro atoms. The number of piperidine rings is 1. The van der Waals surface area contributed by atoms with E-state index in [0.29, 0.717) is 17.8 Å². The van der Waals surface area contributed by atoms with E-state index in [2.05, 4.69) is 52.9 Å². The Morgan fingerprint density at radius 1 is 1.06 bits per heavy atom. The third-order valence-electron chi connectivity index (χ3n) is 10.6. The maximum absolute atomic E-state index is 12.2. The van der Waals surface area contributed by atoms with E-state index in [1.807, 2.05) is 0 Å². The van der Waals surface area contributed by atoms with Gasteiger partial charge in [-0.3, -0.25) is 4.79 Å². The lowest BCUT2D eigenvalue weighted by atomic mass is 9.46. The van der Waals surface area contributed by atoms with Crippen molar-refractivity contribution in [1.82, 2.24) is 5.32 Å². The van der Waals surface area contributed by atoms with Crippen LogP contribution in [0.15, 0.2) is 11.8 Å². The third kappa shape index (κ3) is 4.04. The third-order valence-corrected chi connectivity index (χ3v) is 10.6. The molecule has 1 saturated heterocycles. The molecule has 8 unspecified atom stereocenters. The predicted molar refractivity (Wildman–Crippen MR) is 130 cm³/mol. The highest BCUT2D eigenvalue weighted by molar-refractivity contribution is 5.79. The molecule has 31 heavy (non-hydrogen) atoms. The van der Waals surface area contributed by atoms with Crippen LogP contribution in [0.1, 0.15) is 112 Å². The minimum atomic E-state index is 0.200. The van der Waals surface area contributed by atoms with Gasteiger partial charge in [-0.15, -0.1) is 0 Å². The van der Waals surface area contributed by atoms with E-state index in [1.54, 1.807) is 0 Å². The van der Waals surface area contributed by atoms with Crippen molar-refractivity contribution in [3.63, 3.8) is 0 Å². The molecule has 0 bridgehead atoms. The first-order chi connectivity index (χ1) is 14.7. The van der Waals surface area contributed by atoms with Crippen molar-refractivity contribution in [2.75, 3.05) is 0 Å². The van der Waals surface area contributed by atoms with Crippen molar-refractivity contribution in [3.05, 3.63) is 11.8 Å². The average molecular weight is 428 g/mol. The smallest absolute Gasteiger partial charge is 0.224 e. The van der Waals surface area contributed by atoms with E-state index in [4.69, 9.17) is 0 Å². The van der Waals surface area contributed by atoms with E-state index in [-0.39, 0.29) is 11.3 Å². The van der Waals surface area contributed by atoms with Gasteiger partial charge in [0, 0.05) is 17.5 Å².